The van der Waals surface area contributed by atoms with Crippen molar-refractivity contribution in [3.63, 3.8) is 0 Å². The largest absolute Gasteiger partial charge is 0.394 e. The predicted octanol–water partition coefficient (Wildman–Crippen LogP) is 3.01. The monoisotopic (exact) mass is 362 g/mol. The van der Waals surface area contributed by atoms with E-state index in [2.05, 4.69) is 65.2 Å². The zero-order chi connectivity index (χ0) is 18.9. The molecule has 0 spiro atoms. The normalized spacial score (nSPS) is 12.6. The van der Waals surface area contributed by atoms with Gasteiger partial charge in [0.05, 0.1) is 18.8 Å². The van der Waals surface area contributed by atoms with Gasteiger partial charge in [-0.15, -0.1) is 0 Å². The molecule has 0 atom stereocenters. The predicted molar refractivity (Wildman–Crippen MR) is 112 cm³/mol. The smallest absolute Gasteiger partial charge is 0.0633 e. The summed E-state index contributed by atoms with van der Waals surface area (Å²) in [5.74, 6) is 0. The van der Waals surface area contributed by atoms with Crippen LogP contribution in [0.25, 0.3) is 32.3 Å². The van der Waals surface area contributed by atoms with Gasteiger partial charge in [0.15, 0.2) is 0 Å². The van der Waals surface area contributed by atoms with Gasteiger partial charge in [0, 0.05) is 19.6 Å². The molecule has 27 heavy (non-hydrogen) atoms. The highest BCUT2D eigenvalue weighted by molar-refractivity contribution is 6.23. The van der Waals surface area contributed by atoms with Gasteiger partial charge in [0.2, 0.25) is 0 Å². The lowest BCUT2D eigenvalue weighted by molar-refractivity contribution is 0.105. The van der Waals surface area contributed by atoms with E-state index in [1.54, 1.807) is 0 Å². The van der Waals surface area contributed by atoms with Gasteiger partial charge in [0.25, 0.3) is 0 Å². The van der Waals surface area contributed by atoms with Gasteiger partial charge in [0.1, 0.15) is 0 Å². The highest BCUT2D eigenvalue weighted by Gasteiger charge is 2.20. The molecule has 0 bridgehead atoms. The molecular formula is C23H26N2O2. The molecule has 4 heteroatoms. The fourth-order valence-corrected chi connectivity index (χ4v) is 3.79. The Kier molecular flexibility index (Phi) is 4.98. The molecule has 0 amide bonds. The van der Waals surface area contributed by atoms with Crippen molar-refractivity contribution in [2.75, 3.05) is 26.3 Å². The van der Waals surface area contributed by atoms with Crippen LogP contribution in [0.15, 0.2) is 54.6 Å². The summed E-state index contributed by atoms with van der Waals surface area (Å²) in [7, 11) is 0. The number of nitrogens with one attached hydrogen (secondary N) is 2. The van der Waals surface area contributed by atoms with Gasteiger partial charge >= 0.3 is 0 Å². The standard InChI is InChI=1S/C23H26N2O2/c1-23(14-26,15-27)25-12-11-24-13-19-8-7-18-6-5-16-3-2-4-17-9-10-20(19)22(18)21(16)17/h2-10,24-27H,11-15H2,1H3. The number of aliphatic hydroxyl groups is 2. The van der Waals surface area contributed by atoms with Crippen molar-refractivity contribution in [1.82, 2.24) is 10.6 Å². The van der Waals surface area contributed by atoms with Crippen molar-refractivity contribution in [2.45, 2.75) is 19.0 Å². The van der Waals surface area contributed by atoms with Crippen LogP contribution in [0.1, 0.15) is 12.5 Å². The van der Waals surface area contributed by atoms with Gasteiger partial charge in [-0.2, -0.15) is 0 Å². The van der Waals surface area contributed by atoms with Crippen LogP contribution in [-0.4, -0.2) is 42.1 Å². The molecule has 0 heterocycles. The van der Waals surface area contributed by atoms with E-state index >= 15 is 0 Å². The Hall–Kier alpha value is -2.24. The number of hydrogen-bond acceptors (Lipinski definition) is 4. The van der Waals surface area contributed by atoms with Crippen LogP contribution < -0.4 is 10.6 Å². The molecule has 0 unspecified atom stereocenters. The maximum atomic E-state index is 9.33. The highest BCUT2D eigenvalue weighted by atomic mass is 16.3. The quantitative estimate of drug-likeness (QED) is 0.287. The molecule has 4 N–H and O–H groups in total. The second kappa shape index (κ2) is 7.41. The molecule has 0 aliphatic rings. The summed E-state index contributed by atoms with van der Waals surface area (Å²) in [6, 6.07) is 19.7. The average Bonchev–Trinajstić information content (AvgIpc) is 2.72. The van der Waals surface area contributed by atoms with Crippen LogP contribution in [0.3, 0.4) is 0 Å². The Bertz CT molecular complexity index is 1040. The Balaban J connectivity index is 1.54. The topological polar surface area (TPSA) is 64.5 Å². The summed E-state index contributed by atoms with van der Waals surface area (Å²) >= 11 is 0. The SMILES string of the molecule is CC(CO)(CO)NCCNCc1ccc2ccc3cccc4ccc1c2c34. The lowest BCUT2D eigenvalue weighted by Gasteiger charge is -2.26. The molecule has 4 nitrogen and oxygen atoms in total. The number of rotatable bonds is 8. The Morgan fingerprint density at radius 3 is 2.11 bits per heavy atom. The summed E-state index contributed by atoms with van der Waals surface area (Å²) in [4.78, 5) is 0. The summed E-state index contributed by atoms with van der Waals surface area (Å²) in [5.41, 5.74) is 0.655. The van der Waals surface area contributed by atoms with E-state index in [4.69, 9.17) is 0 Å². The van der Waals surface area contributed by atoms with Crippen LogP contribution in [0, 0.1) is 0 Å². The number of benzene rings is 4. The fraction of sp³-hybridized carbons (Fsp3) is 0.304. The van der Waals surface area contributed by atoms with E-state index in [9.17, 15) is 10.2 Å². The van der Waals surface area contributed by atoms with E-state index in [1.807, 2.05) is 6.92 Å². The highest BCUT2D eigenvalue weighted by Crippen LogP contribution is 2.35. The number of hydrogen-bond donors (Lipinski definition) is 4. The second-order valence-electron chi connectivity index (χ2n) is 7.56. The summed E-state index contributed by atoms with van der Waals surface area (Å²) < 4.78 is 0. The molecule has 4 rings (SSSR count). The van der Waals surface area contributed by atoms with Crippen molar-refractivity contribution in [3.8, 4) is 0 Å². The average molecular weight is 362 g/mol. The van der Waals surface area contributed by atoms with Crippen LogP contribution in [0.5, 0.6) is 0 Å². The first-order valence-electron chi connectivity index (χ1n) is 9.48. The molecule has 0 saturated heterocycles. The third kappa shape index (κ3) is 3.37. The summed E-state index contributed by atoms with van der Waals surface area (Å²) in [6.45, 7) is 3.87. The molecule has 0 radical (unpaired) electrons. The van der Waals surface area contributed by atoms with Gasteiger partial charge in [-0.25, -0.2) is 0 Å². The van der Waals surface area contributed by atoms with Crippen molar-refractivity contribution >= 4 is 32.3 Å². The zero-order valence-corrected chi connectivity index (χ0v) is 15.6. The minimum absolute atomic E-state index is 0.0848. The molecule has 4 aromatic rings. The third-order valence-corrected chi connectivity index (χ3v) is 5.49. The van der Waals surface area contributed by atoms with E-state index in [0.717, 1.165) is 13.1 Å². The first-order chi connectivity index (χ1) is 13.1. The van der Waals surface area contributed by atoms with Gasteiger partial charge in [-0.3, -0.25) is 0 Å². The first-order valence-corrected chi connectivity index (χ1v) is 9.48. The minimum atomic E-state index is -0.630. The third-order valence-electron chi connectivity index (χ3n) is 5.49. The minimum Gasteiger partial charge on any atom is -0.394 e. The molecule has 0 saturated carbocycles. The zero-order valence-electron chi connectivity index (χ0n) is 15.6. The van der Waals surface area contributed by atoms with Crippen LogP contribution >= 0.6 is 0 Å². The van der Waals surface area contributed by atoms with Gasteiger partial charge < -0.3 is 20.8 Å². The van der Waals surface area contributed by atoms with E-state index in [0.29, 0.717) is 6.54 Å². The molecule has 4 aromatic carbocycles. The Morgan fingerprint density at radius 2 is 1.41 bits per heavy atom. The maximum absolute atomic E-state index is 9.33. The summed E-state index contributed by atoms with van der Waals surface area (Å²) in [5, 5.41) is 33.2. The van der Waals surface area contributed by atoms with E-state index in [-0.39, 0.29) is 13.2 Å². The van der Waals surface area contributed by atoms with E-state index in [1.165, 1.54) is 37.9 Å². The van der Waals surface area contributed by atoms with Crippen molar-refractivity contribution < 1.29 is 10.2 Å². The molecule has 140 valence electrons. The summed E-state index contributed by atoms with van der Waals surface area (Å²) in [6.07, 6.45) is 0. The molecule has 0 fully saturated rings. The maximum Gasteiger partial charge on any atom is 0.0633 e. The second-order valence-corrected chi connectivity index (χ2v) is 7.56. The first kappa shape index (κ1) is 18.1. The lowest BCUT2D eigenvalue weighted by Crippen LogP contribution is -2.50. The van der Waals surface area contributed by atoms with Crippen LogP contribution in [0.4, 0.5) is 0 Å². The van der Waals surface area contributed by atoms with Gasteiger partial charge in [-0.05, 0) is 44.8 Å². The molecular weight excluding hydrogens is 336 g/mol. The van der Waals surface area contributed by atoms with Crippen LogP contribution in [-0.2, 0) is 6.54 Å². The molecule has 0 aliphatic carbocycles. The van der Waals surface area contributed by atoms with Crippen molar-refractivity contribution in [1.29, 1.82) is 0 Å². The molecule has 0 aromatic heterocycles. The van der Waals surface area contributed by atoms with Crippen molar-refractivity contribution in [2.24, 2.45) is 0 Å². The van der Waals surface area contributed by atoms with Crippen molar-refractivity contribution in [3.05, 3.63) is 60.2 Å². The lowest BCUT2D eigenvalue weighted by atomic mass is 9.92. The number of aliphatic hydroxyl groups excluding tert-OH is 2. The van der Waals surface area contributed by atoms with Gasteiger partial charge in [-0.1, -0.05) is 54.6 Å². The fourth-order valence-electron chi connectivity index (χ4n) is 3.79. The van der Waals surface area contributed by atoms with E-state index < -0.39 is 5.54 Å². The molecule has 0 aliphatic heterocycles. The van der Waals surface area contributed by atoms with Crippen LogP contribution in [0.2, 0.25) is 0 Å². The Morgan fingerprint density at radius 1 is 0.778 bits per heavy atom. The Labute approximate surface area is 159 Å².